The van der Waals surface area contributed by atoms with Gasteiger partial charge in [0.15, 0.2) is 5.66 Å². The first-order valence-corrected chi connectivity index (χ1v) is 6.62. The summed E-state index contributed by atoms with van der Waals surface area (Å²) in [4.78, 5) is 13.7. The number of guanidine groups is 2. The van der Waals surface area contributed by atoms with Gasteiger partial charge in [-0.2, -0.15) is 10.1 Å². The van der Waals surface area contributed by atoms with Crippen LogP contribution in [0.5, 0.6) is 0 Å². The fraction of sp³-hybridized carbons (Fsp3) is 0.333. The van der Waals surface area contributed by atoms with Crippen LogP contribution in [0.15, 0.2) is 28.2 Å². The van der Waals surface area contributed by atoms with Crippen LogP contribution in [-0.4, -0.2) is 22.6 Å². The molecule has 4 N–H and O–H groups in total. The van der Waals surface area contributed by atoms with E-state index in [0.29, 0.717) is 15.6 Å². The van der Waals surface area contributed by atoms with Crippen molar-refractivity contribution in [3.8, 4) is 0 Å². The molecule has 0 aliphatic carbocycles. The Balaban J connectivity index is 0.00000220. The Labute approximate surface area is 139 Å². The van der Waals surface area contributed by atoms with Gasteiger partial charge in [0, 0.05) is 15.6 Å². The molecule has 0 bridgehead atoms. The van der Waals surface area contributed by atoms with E-state index in [1.807, 2.05) is 0 Å². The lowest BCUT2D eigenvalue weighted by atomic mass is 10.2. The van der Waals surface area contributed by atoms with Gasteiger partial charge in [-0.1, -0.05) is 29.3 Å². The van der Waals surface area contributed by atoms with E-state index in [1.54, 1.807) is 32.0 Å². The van der Waals surface area contributed by atoms with Crippen LogP contribution < -0.4 is 11.5 Å². The fourth-order valence-corrected chi connectivity index (χ4v) is 2.32. The second kappa shape index (κ2) is 6.70. The van der Waals surface area contributed by atoms with Crippen molar-refractivity contribution in [1.82, 2.24) is 5.06 Å². The molecule has 1 aromatic carbocycles. The molecule has 0 aromatic heterocycles. The van der Waals surface area contributed by atoms with Crippen molar-refractivity contribution in [2.45, 2.75) is 26.1 Å². The first-order chi connectivity index (χ1) is 9.31. The van der Waals surface area contributed by atoms with Crippen molar-refractivity contribution in [3.63, 3.8) is 0 Å². The molecule has 0 atom stereocenters. The molecule has 1 aliphatic rings. The van der Waals surface area contributed by atoms with Gasteiger partial charge in [0.2, 0.25) is 11.9 Å². The molecule has 0 amide bonds. The largest absolute Gasteiger partial charge is 0.368 e. The maximum absolute atomic E-state index is 6.09. The zero-order valence-electron chi connectivity index (χ0n) is 11.5. The van der Waals surface area contributed by atoms with Crippen molar-refractivity contribution < 1.29 is 4.84 Å². The van der Waals surface area contributed by atoms with Gasteiger partial charge >= 0.3 is 0 Å². The molecule has 1 aliphatic heterocycles. The SMILES string of the molecule is CC1(C)N=C(N)N=C(N)N1OCc1c(Cl)cccc1Cl.Cl. The van der Waals surface area contributed by atoms with Gasteiger partial charge in [-0.05, 0) is 26.0 Å². The molecular formula is C12H16Cl3N5O. The summed E-state index contributed by atoms with van der Waals surface area (Å²) in [7, 11) is 0. The lowest BCUT2D eigenvalue weighted by molar-refractivity contribution is -0.166. The molecule has 0 unspecified atom stereocenters. The van der Waals surface area contributed by atoms with Crippen LogP contribution in [-0.2, 0) is 11.4 Å². The Kier molecular flexibility index (Phi) is 5.69. The molecule has 0 saturated heterocycles. The first kappa shape index (κ1) is 17.8. The van der Waals surface area contributed by atoms with Crippen LogP contribution >= 0.6 is 35.6 Å². The third-order valence-electron chi connectivity index (χ3n) is 2.72. The van der Waals surface area contributed by atoms with Crippen molar-refractivity contribution in [2.75, 3.05) is 0 Å². The fourth-order valence-electron chi connectivity index (χ4n) is 1.82. The minimum absolute atomic E-state index is 0. The van der Waals surface area contributed by atoms with Gasteiger partial charge in [-0.3, -0.25) is 4.84 Å². The zero-order valence-corrected chi connectivity index (χ0v) is 13.8. The lowest BCUT2D eigenvalue weighted by Crippen LogP contribution is -2.53. The van der Waals surface area contributed by atoms with E-state index < -0.39 is 5.66 Å². The number of nitrogens with zero attached hydrogens (tertiary/aromatic N) is 3. The van der Waals surface area contributed by atoms with Crippen LogP contribution in [0, 0.1) is 0 Å². The Morgan fingerprint density at radius 2 is 1.81 bits per heavy atom. The van der Waals surface area contributed by atoms with Gasteiger partial charge in [0.25, 0.3) is 0 Å². The third-order valence-corrected chi connectivity index (χ3v) is 3.43. The number of rotatable bonds is 3. The summed E-state index contributed by atoms with van der Waals surface area (Å²) in [5.74, 6) is 0.244. The highest BCUT2D eigenvalue weighted by molar-refractivity contribution is 6.35. The van der Waals surface area contributed by atoms with Crippen molar-refractivity contribution in [3.05, 3.63) is 33.8 Å². The van der Waals surface area contributed by atoms with Gasteiger partial charge in [-0.15, -0.1) is 12.4 Å². The van der Waals surface area contributed by atoms with E-state index in [-0.39, 0.29) is 30.9 Å². The third kappa shape index (κ3) is 3.91. The summed E-state index contributed by atoms with van der Waals surface area (Å²) in [6, 6.07) is 5.24. The molecule has 21 heavy (non-hydrogen) atoms. The standard InChI is InChI=1S/C12H15Cl2N5O.ClH/c1-12(2)18-10(15)17-11(16)19(12)20-6-7-8(13)4-3-5-9(7)14;/h3-5H,6H2,1-2H3,(H4,15,16,17,18);1H. The molecule has 0 spiro atoms. The van der Waals surface area contributed by atoms with Gasteiger partial charge in [0.1, 0.15) is 6.61 Å². The van der Waals surface area contributed by atoms with E-state index in [0.717, 1.165) is 0 Å². The van der Waals surface area contributed by atoms with E-state index in [2.05, 4.69) is 9.98 Å². The number of nitrogens with two attached hydrogens (primary N) is 2. The van der Waals surface area contributed by atoms with Crippen LogP contribution in [0.1, 0.15) is 19.4 Å². The van der Waals surface area contributed by atoms with Crippen molar-refractivity contribution >= 4 is 47.5 Å². The second-order valence-electron chi connectivity index (χ2n) is 4.70. The smallest absolute Gasteiger partial charge is 0.226 e. The maximum atomic E-state index is 6.09. The molecule has 9 heteroatoms. The van der Waals surface area contributed by atoms with Crippen LogP contribution in [0.2, 0.25) is 10.0 Å². The average Bonchev–Trinajstić information content (AvgIpc) is 2.30. The summed E-state index contributed by atoms with van der Waals surface area (Å²) < 4.78 is 0. The molecule has 6 nitrogen and oxygen atoms in total. The Bertz CT molecular complexity index is 568. The quantitative estimate of drug-likeness (QED) is 0.874. The maximum Gasteiger partial charge on any atom is 0.226 e. The van der Waals surface area contributed by atoms with Gasteiger partial charge in [0.05, 0.1) is 0 Å². The summed E-state index contributed by atoms with van der Waals surface area (Å²) in [5, 5.41) is 2.42. The normalized spacial score (nSPS) is 16.9. The number of benzene rings is 1. The molecule has 0 saturated carbocycles. The van der Waals surface area contributed by atoms with Gasteiger partial charge < -0.3 is 11.5 Å². The highest BCUT2D eigenvalue weighted by Crippen LogP contribution is 2.27. The minimum atomic E-state index is -0.760. The number of aliphatic imine (C=N–C) groups is 2. The highest BCUT2D eigenvalue weighted by Gasteiger charge is 2.33. The number of hydroxylamine groups is 2. The van der Waals surface area contributed by atoms with Crippen molar-refractivity contribution in [2.24, 2.45) is 21.5 Å². The molecule has 1 aromatic rings. The Hall–Kier alpha value is -1.21. The summed E-state index contributed by atoms with van der Waals surface area (Å²) in [5.41, 5.74) is 11.3. The molecule has 116 valence electrons. The topological polar surface area (TPSA) is 89.2 Å². The first-order valence-electron chi connectivity index (χ1n) is 5.87. The molecule has 0 fully saturated rings. The van der Waals surface area contributed by atoms with Crippen molar-refractivity contribution in [1.29, 1.82) is 0 Å². The van der Waals surface area contributed by atoms with Crippen LogP contribution in [0.3, 0.4) is 0 Å². The highest BCUT2D eigenvalue weighted by atomic mass is 35.5. The Morgan fingerprint density at radius 1 is 1.24 bits per heavy atom. The van der Waals surface area contributed by atoms with E-state index >= 15 is 0 Å². The monoisotopic (exact) mass is 351 g/mol. The lowest BCUT2D eigenvalue weighted by Gasteiger charge is -2.36. The zero-order chi connectivity index (χ0) is 14.9. The average molecular weight is 353 g/mol. The molecule has 1 heterocycles. The molecule has 0 radical (unpaired) electrons. The van der Waals surface area contributed by atoms with E-state index in [4.69, 9.17) is 39.5 Å². The number of halogens is 3. The van der Waals surface area contributed by atoms with Gasteiger partial charge in [-0.25, -0.2) is 4.99 Å². The molecule has 2 rings (SSSR count). The summed E-state index contributed by atoms with van der Waals surface area (Å²) in [6.07, 6.45) is 0. The Morgan fingerprint density at radius 3 is 2.33 bits per heavy atom. The number of hydrogen-bond donors (Lipinski definition) is 2. The van der Waals surface area contributed by atoms with E-state index in [9.17, 15) is 0 Å². The second-order valence-corrected chi connectivity index (χ2v) is 5.52. The van der Waals surface area contributed by atoms with Crippen LogP contribution in [0.4, 0.5) is 0 Å². The summed E-state index contributed by atoms with van der Waals surface area (Å²) in [6.45, 7) is 3.75. The predicted molar refractivity (Wildman–Crippen MR) is 87.7 cm³/mol. The number of hydrogen-bond acceptors (Lipinski definition) is 6. The molecular weight excluding hydrogens is 337 g/mol. The van der Waals surface area contributed by atoms with Crippen LogP contribution in [0.25, 0.3) is 0 Å². The van der Waals surface area contributed by atoms with E-state index in [1.165, 1.54) is 5.06 Å². The predicted octanol–water partition coefficient (Wildman–Crippen LogP) is 2.53. The minimum Gasteiger partial charge on any atom is -0.368 e. The summed E-state index contributed by atoms with van der Waals surface area (Å²) >= 11 is 12.2.